The van der Waals surface area contributed by atoms with Crippen LogP contribution in [0.2, 0.25) is 5.02 Å². The molecule has 0 bridgehead atoms. The molecular weight excluding hydrogens is 356 g/mol. The van der Waals surface area contributed by atoms with Crippen molar-refractivity contribution in [2.24, 2.45) is 4.99 Å². The van der Waals surface area contributed by atoms with Crippen LogP contribution in [0, 0.1) is 0 Å². The summed E-state index contributed by atoms with van der Waals surface area (Å²) in [4.78, 5) is 9.12. The number of rotatable bonds is 4. The van der Waals surface area contributed by atoms with Crippen molar-refractivity contribution in [2.75, 3.05) is 51.3 Å². The average molecular weight is 383 g/mol. The monoisotopic (exact) mass is 382 g/mol. The van der Waals surface area contributed by atoms with Gasteiger partial charge in [-0.25, -0.2) is 0 Å². The Morgan fingerprint density at radius 3 is 2.80 bits per heavy atom. The van der Waals surface area contributed by atoms with E-state index < -0.39 is 5.60 Å². The molecule has 7 heteroatoms. The van der Waals surface area contributed by atoms with Crippen molar-refractivity contribution >= 4 is 29.3 Å². The van der Waals surface area contributed by atoms with Crippen LogP contribution in [0.15, 0.2) is 29.3 Å². The van der Waals surface area contributed by atoms with Crippen molar-refractivity contribution in [3.8, 4) is 0 Å². The van der Waals surface area contributed by atoms with Crippen LogP contribution in [-0.4, -0.2) is 77.7 Å². The van der Waals surface area contributed by atoms with Crippen LogP contribution in [0.5, 0.6) is 0 Å². The first-order valence-corrected chi connectivity index (χ1v) is 10.3. The Labute approximate surface area is 159 Å². The lowest BCUT2D eigenvalue weighted by Crippen LogP contribution is -2.54. The Balaban J connectivity index is 1.47. The van der Waals surface area contributed by atoms with Gasteiger partial charge in [-0.3, -0.25) is 9.89 Å². The van der Waals surface area contributed by atoms with E-state index in [1.54, 1.807) is 0 Å². The first-order valence-electron chi connectivity index (χ1n) is 8.80. The fourth-order valence-corrected chi connectivity index (χ4v) is 4.83. The molecule has 0 amide bonds. The van der Waals surface area contributed by atoms with E-state index in [1.807, 2.05) is 37.0 Å². The van der Waals surface area contributed by atoms with E-state index in [0.717, 1.165) is 61.6 Å². The van der Waals surface area contributed by atoms with E-state index in [1.165, 1.54) is 5.56 Å². The van der Waals surface area contributed by atoms with Crippen LogP contribution >= 0.6 is 23.4 Å². The molecule has 1 atom stereocenters. The van der Waals surface area contributed by atoms with Crippen LogP contribution < -0.4 is 5.32 Å². The molecule has 25 heavy (non-hydrogen) atoms. The quantitative estimate of drug-likeness (QED) is 0.615. The largest absolute Gasteiger partial charge is 0.387 e. The van der Waals surface area contributed by atoms with Crippen molar-refractivity contribution in [3.05, 3.63) is 34.9 Å². The minimum absolute atomic E-state index is 0.579. The first kappa shape index (κ1) is 18.8. The number of halogens is 1. The number of piperazine rings is 1. The first-order chi connectivity index (χ1) is 12.1. The van der Waals surface area contributed by atoms with Gasteiger partial charge in [0.15, 0.2) is 5.96 Å². The number of nitrogens with one attached hydrogen (secondary N) is 1. The van der Waals surface area contributed by atoms with Gasteiger partial charge in [0.05, 0.1) is 5.60 Å². The highest BCUT2D eigenvalue weighted by Gasteiger charge is 2.32. The summed E-state index contributed by atoms with van der Waals surface area (Å²) < 4.78 is 0. The third-order valence-electron chi connectivity index (χ3n) is 4.84. The SMILES string of the molecule is CN=C(NCC1(O)CCSC1)N1CCN(Cc2cccc(Cl)c2)CC1. The van der Waals surface area contributed by atoms with Crippen LogP contribution in [-0.2, 0) is 6.54 Å². The lowest BCUT2D eigenvalue weighted by Gasteiger charge is -2.37. The fraction of sp³-hybridized carbons (Fsp3) is 0.611. The second kappa shape index (κ2) is 8.62. The van der Waals surface area contributed by atoms with Crippen LogP contribution in [0.4, 0.5) is 0 Å². The molecule has 2 saturated heterocycles. The number of nitrogens with zero attached hydrogens (tertiary/aromatic N) is 3. The molecule has 1 unspecified atom stereocenters. The van der Waals surface area contributed by atoms with Gasteiger partial charge in [-0.05, 0) is 29.9 Å². The van der Waals surface area contributed by atoms with Gasteiger partial charge in [-0.2, -0.15) is 11.8 Å². The third-order valence-corrected chi connectivity index (χ3v) is 6.31. The molecule has 0 spiro atoms. The normalized spacial score (nSPS) is 25.4. The van der Waals surface area contributed by atoms with E-state index >= 15 is 0 Å². The predicted octanol–water partition coefficient (Wildman–Crippen LogP) is 1.90. The van der Waals surface area contributed by atoms with Gasteiger partial charge in [-0.1, -0.05) is 23.7 Å². The lowest BCUT2D eigenvalue weighted by molar-refractivity contribution is 0.0711. The molecule has 0 saturated carbocycles. The van der Waals surface area contributed by atoms with Gasteiger partial charge in [0, 0.05) is 57.1 Å². The Kier molecular flexibility index (Phi) is 6.49. The van der Waals surface area contributed by atoms with Gasteiger partial charge in [0.1, 0.15) is 0 Å². The number of thioether (sulfide) groups is 1. The minimum atomic E-state index is -0.588. The molecule has 2 fully saturated rings. The summed E-state index contributed by atoms with van der Waals surface area (Å²) in [5.41, 5.74) is 0.666. The molecule has 3 rings (SSSR count). The second-order valence-electron chi connectivity index (χ2n) is 6.82. The van der Waals surface area contributed by atoms with Crippen LogP contribution in [0.1, 0.15) is 12.0 Å². The Bertz CT molecular complexity index is 598. The highest BCUT2D eigenvalue weighted by molar-refractivity contribution is 7.99. The standard InChI is InChI=1S/C18H27ClN4OS/c1-20-17(21-13-18(24)5-10-25-14-18)23-8-6-22(7-9-23)12-15-3-2-4-16(19)11-15/h2-4,11,24H,5-10,12-14H2,1H3,(H,20,21). The van der Waals surface area contributed by atoms with E-state index in [4.69, 9.17) is 11.6 Å². The van der Waals surface area contributed by atoms with E-state index in [9.17, 15) is 5.11 Å². The van der Waals surface area contributed by atoms with Crippen LogP contribution in [0.3, 0.4) is 0 Å². The van der Waals surface area contributed by atoms with Crippen LogP contribution in [0.25, 0.3) is 0 Å². The Morgan fingerprint density at radius 2 is 2.16 bits per heavy atom. The molecule has 1 aromatic rings. The summed E-state index contributed by atoms with van der Waals surface area (Å²) in [7, 11) is 1.81. The predicted molar refractivity (Wildman–Crippen MR) is 107 cm³/mol. The zero-order valence-corrected chi connectivity index (χ0v) is 16.3. The third kappa shape index (κ3) is 5.26. The molecule has 2 aliphatic heterocycles. The Morgan fingerprint density at radius 1 is 1.36 bits per heavy atom. The Hall–Kier alpha value is -0.950. The van der Waals surface area contributed by atoms with Crippen molar-refractivity contribution in [2.45, 2.75) is 18.6 Å². The topological polar surface area (TPSA) is 51.1 Å². The number of guanidine groups is 1. The zero-order valence-electron chi connectivity index (χ0n) is 14.7. The van der Waals surface area contributed by atoms with Gasteiger partial charge in [-0.15, -0.1) is 0 Å². The van der Waals surface area contributed by atoms with Gasteiger partial charge >= 0.3 is 0 Å². The summed E-state index contributed by atoms with van der Waals surface area (Å²) in [6, 6.07) is 8.08. The minimum Gasteiger partial charge on any atom is -0.387 e. The van der Waals surface area contributed by atoms with E-state index in [-0.39, 0.29) is 0 Å². The maximum absolute atomic E-state index is 10.5. The summed E-state index contributed by atoms with van der Waals surface area (Å²) in [6.45, 7) is 5.37. The number of aliphatic hydroxyl groups is 1. The zero-order chi connectivity index (χ0) is 17.7. The second-order valence-corrected chi connectivity index (χ2v) is 8.36. The summed E-state index contributed by atoms with van der Waals surface area (Å²) in [6.07, 6.45) is 0.856. The smallest absolute Gasteiger partial charge is 0.193 e. The molecule has 2 N–H and O–H groups in total. The number of aliphatic imine (C=N–C) groups is 1. The van der Waals surface area contributed by atoms with Crippen molar-refractivity contribution in [1.29, 1.82) is 0 Å². The molecule has 2 heterocycles. The summed E-state index contributed by atoms with van der Waals surface area (Å²) in [5.74, 6) is 2.75. The number of hydrogen-bond acceptors (Lipinski definition) is 4. The molecule has 138 valence electrons. The van der Waals surface area contributed by atoms with E-state index in [2.05, 4.69) is 26.2 Å². The summed E-state index contributed by atoms with van der Waals surface area (Å²) in [5, 5.41) is 14.7. The highest BCUT2D eigenvalue weighted by Crippen LogP contribution is 2.27. The van der Waals surface area contributed by atoms with E-state index in [0.29, 0.717) is 6.54 Å². The molecule has 5 nitrogen and oxygen atoms in total. The lowest BCUT2D eigenvalue weighted by atomic mass is 10.0. The number of hydrogen-bond donors (Lipinski definition) is 2. The average Bonchev–Trinajstić information content (AvgIpc) is 3.04. The molecular formula is C18H27ClN4OS. The molecule has 0 aliphatic carbocycles. The summed E-state index contributed by atoms with van der Waals surface area (Å²) >= 11 is 7.89. The van der Waals surface area contributed by atoms with Crippen molar-refractivity contribution < 1.29 is 5.11 Å². The number of benzene rings is 1. The maximum atomic E-state index is 10.5. The fourth-order valence-electron chi connectivity index (χ4n) is 3.32. The molecule has 0 aromatic heterocycles. The molecule has 0 radical (unpaired) electrons. The van der Waals surface area contributed by atoms with Crippen molar-refractivity contribution in [3.63, 3.8) is 0 Å². The maximum Gasteiger partial charge on any atom is 0.193 e. The molecule has 1 aromatic carbocycles. The van der Waals surface area contributed by atoms with Gasteiger partial charge in [0.25, 0.3) is 0 Å². The molecule has 2 aliphatic rings. The van der Waals surface area contributed by atoms with Crippen molar-refractivity contribution in [1.82, 2.24) is 15.1 Å². The highest BCUT2D eigenvalue weighted by atomic mass is 35.5. The van der Waals surface area contributed by atoms with Gasteiger partial charge in [0.2, 0.25) is 0 Å². The van der Waals surface area contributed by atoms with Gasteiger partial charge < -0.3 is 15.3 Å².